The lowest BCUT2D eigenvalue weighted by atomic mass is 10.1. The molecule has 0 aliphatic carbocycles. The Labute approximate surface area is 113 Å². The minimum absolute atomic E-state index is 0.215. The second-order valence-corrected chi connectivity index (χ2v) is 4.01. The average molecular weight is 267 g/mol. The molecule has 0 aliphatic rings. The molecule has 5 nitrogen and oxygen atoms in total. The first kappa shape index (κ1) is 15.6. The highest BCUT2D eigenvalue weighted by Crippen LogP contribution is 2.10. The Bertz CT molecular complexity index is 356. The molecule has 0 aliphatic heterocycles. The molecule has 0 saturated heterocycles. The summed E-state index contributed by atoms with van der Waals surface area (Å²) in [6.45, 7) is 1.85. The summed E-state index contributed by atoms with van der Waals surface area (Å²) < 4.78 is 15.2. The van der Waals surface area contributed by atoms with Crippen LogP contribution in [0.2, 0.25) is 0 Å². The van der Waals surface area contributed by atoms with Crippen LogP contribution < -0.4 is 5.73 Å². The van der Waals surface area contributed by atoms with E-state index in [9.17, 15) is 4.79 Å². The molecule has 1 atom stereocenters. The molecule has 0 fully saturated rings. The summed E-state index contributed by atoms with van der Waals surface area (Å²) in [6.07, 6.45) is 0.827. The van der Waals surface area contributed by atoms with E-state index in [2.05, 4.69) is 0 Å². The quantitative estimate of drug-likeness (QED) is 0.539. The van der Waals surface area contributed by atoms with Crippen LogP contribution in [0.25, 0.3) is 0 Å². The molecule has 0 saturated carbocycles. The number of methoxy groups -OCH3 is 1. The third-order valence-electron chi connectivity index (χ3n) is 2.52. The predicted molar refractivity (Wildman–Crippen MR) is 71.6 cm³/mol. The molecule has 1 aromatic carbocycles. The van der Waals surface area contributed by atoms with Crippen molar-refractivity contribution in [3.63, 3.8) is 0 Å². The number of rotatable bonds is 9. The van der Waals surface area contributed by atoms with Crippen molar-refractivity contribution < 1.29 is 19.0 Å². The van der Waals surface area contributed by atoms with Crippen LogP contribution in [-0.2, 0) is 19.0 Å². The highest BCUT2D eigenvalue weighted by Gasteiger charge is 2.16. The zero-order valence-electron chi connectivity index (χ0n) is 11.2. The topological polar surface area (TPSA) is 70.8 Å². The van der Waals surface area contributed by atoms with Crippen molar-refractivity contribution >= 4 is 5.97 Å². The molecule has 0 bridgehead atoms. The Balaban J connectivity index is 2.14. The van der Waals surface area contributed by atoms with Gasteiger partial charge in [-0.25, -0.2) is 4.79 Å². The largest absolute Gasteiger partial charge is 0.462 e. The average Bonchev–Trinajstić information content (AvgIpc) is 2.46. The molecule has 0 spiro atoms. The lowest BCUT2D eigenvalue weighted by molar-refractivity contribution is -0.147. The molecule has 106 valence electrons. The summed E-state index contributed by atoms with van der Waals surface area (Å²) in [6, 6.07) is 8.40. The molecule has 2 N–H and O–H groups in total. The maximum absolute atomic E-state index is 11.7. The van der Waals surface area contributed by atoms with Gasteiger partial charge in [-0.2, -0.15) is 0 Å². The summed E-state index contributed by atoms with van der Waals surface area (Å²) in [5.41, 5.74) is 6.53. The minimum atomic E-state index is -0.741. The second-order valence-electron chi connectivity index (χ2n) is 4.01. The van der Waals surface area contributed by atoms with Crippen molar-refractivity contribution in [1.82, 2.24) is 0 Å². The van der Waals surface area contributed by atoms with E-state index in [0.717, 1.165) is 12.0 Å². The van der Waals surface area contributed by atoms with Gasteiger partial charge in [-0.15, -0.1) is 0 Å². The van der Waals surface area contributed by atoms with Crippen LogP contribution in [0.15, 0.2) is 30.3 Å². The molecule has 1 rings (SSSR count). The fourth-order valence-electron chi connectivity index (χ4n) is 1.49. The highest BCUT2D eigenvalue weighted by molar-refractivity contribution is 5.77. The van der Waals surface area contributed by atoms with Crippen LogP contribution >= 0.6 is 0 Å². The number of carbonyl (C=O) groups excluding carboxylic acids is 1. The van der Waals surface area contributed by atoms with E-state index in [4.69, 9.17) is 19.9 Å². The maximum atomic E-state index is 11.7. The Kier molecular flexibility index (Phi) is 7.81. The summed E-state index contributed by atoms with van der Waals surface area (Å²) in [5.74, 6) is -0.438. The number of ether oxygens (including phenoxy) is 3. The van der Waals surface area contributed by atoms with Crippen molar-refractivity contribution in [3.05, 3.63) is 35.9 Å². The second kappa shape index (κ2) is 9.49. The van der Waals surface area contributed by atoms with Gasteiger partial charge in [-0.1, -0.05) is 30.3 Å². The van der Waals surface area contributed by atoms with E-state index in [0.29, 0.717) is 19.8 Å². The van der Waals surface area contributed by atoms with Gasteiger partial charge in [0.05, 0.1) is 6.61 Å². The Morgan fingerprint density at radius 1 is 1.16 bits per heavy atom. The molecular formula is C14H21NO4. The molecule has 0 amide bonds. The van der Waals surface area contributed by atoms with Crippen molar-refractivity contribution in [2.75, 3.05) is 33.5 Å². The van der Waals surface area contributed by atoms with E-state index in [1.807, 2.05) is 18.2 Å². The fourth-order valence-corrected chi connectivity index (χ4v) is 1.49. The van der Waals surface area contributed by atoms with Gasteiger partial charge in [0.15, 0.2) is 0 Å². The summed E-state index contributed by atoms with van der Waals surface area (Å²) in [7, 11) is 1.65. The van der Waals surface area contributed by atoms with Gasteiger partial charge < -0.3 is 19.9 Å². The van der Waals surface area contributed by atoms with Crippen molar-refractivity contribution in [1.29, 1.82) is 0 Å². The van der Waals surface area contributed by atoms with E-state index in [1.165, 1.54) is 0 Å². The Morgan fingerprint density at radius 3 is 2.58 bits per heavy atom. The number of hydrogen-bond acceptors (Lipinski definition) is 5. The fraction of sp³-hybridized carbons (Fsp3) is 0.500. The molecule has 0 radical (unpaired) electrons. The minimum Gasteiger partial charge on any atom is -0.462 e. The Hall–Kier alpha value is -1.43. The van der Waals surface area contributed by atoms with Crippen molar-refractivity contribution in [2.24, 2.45) is 5.73 Å². The number of benzene rings is 1. The number of carbonyl (C=O) groups is 1. The molecule has 0 aromatic heterocycles. The van der Waals surface area contributed by atoms with Gasteiger partial charge in [0.1, 0.15) is 12.6 Å². The third-order valence-corrected chi connectivity index (χ3v) is 2.52. The van der Waals surface area contributed by atoms with E-state index in [1.54, 1.807) is 19.2 Å². The van der Waals surface area contributed by atoms with Gasteiger partial charge in [0.25, 0.3) is 0 Å². The number of nitrogens with two attached hydrogens (primary N) is 1. The lowest BCUT2D eigenvalue weighted by Crippen LogP contribution is -2.25. The van der Waals surface area contributed by atoms with Crippen LogP contribution in [0.1, 0.15) is 18.0 Å². The van der Waals surface area contributed by atoms with Crippen molar-refractivity contribution in [2.45, 2.75) is 12.5 Å². The van der Waals surface area contributed by atoms with Gasteiger partial charge in [-0.05, 0) is 12.0 Å². The SMILES string of the molecule is COCCCOCCOC(=O)[C@H](N)c1ccccc1. The standard InChI is InChI=1S/C14H21NO4/c1-17-8-5-9-18-10-11-19-14(16)13(15)12-6-3-2-4-7-12/h2-4,6-7,13H,5,8-11,15H2,1H3/t13-/m1/s1. The third kappa shape index (κ3) is 6.33. The zero-order chi connectivity index (χ0) is 13.9. The zero-order valence-corrected chi connectivity index (χ0v) is 11.2. The molecule has 0 heterocycles. The van der Waals surface area contributed by atoms with Crippen LogP contribution in [0, 0.1) is 0 Å². The predicted octanol–water partition coefficient (Wildman–Crippen LogP) is 1.28. The first-order valence-corrected chi connectivity index (χ1v) is 6.29. The first-order valence-electron chi connectivity index (χ1n) is 6.29. The van der Waals surface area contributed by atoms with E-state index in [-0.39, 0.29) is 6.61 Å². The monoisotopic (exact) mass is 267 g/mol. The van der Waals surface area contributed by atoms with Crippen molar-refractivity contribution in [3.8, 4) is 0 Å². The normalized spacial score (nSPS) is 12.1. The van der Waals surface area contributed by atoms with Gasteiger partial charge in [-0.3, -0.25) is 0 Å². The van der Waals surface area contributed by atoms with Crippen LogP contribution in [0.5, 0.6) is 0 Å². The molecule has 0 unspecified atom stereocenters. The maximum Gasteiger partial charge on any atom is 0.327 e. The smallest absolute Gasteiger partial charge is 0.327 e. The molecule has 5 heteroatoms. The summed E-state index contributed by atoms with van der Waals surface area (Å²) in [5, 5.41) is 0. The number of esters is 1. The Morgan fingerprint density at radius 2 is 1.89 bits per heavy atom. The first-order chi connectivity index (χ1) is 9.25. The molecular weight excluding hydrogens is 246 g/mol. The van der Waals surface area contributed by atoms with Crippen LogP contribution in [-0.4, -0.2) is 39.5 Å². The van der Waals surface area contributed by atoms with Gasteiger partial charge in [0.2, 0.25) is 0 Å². The van der Waals surface area contributed by atoms with Gasteiger partial charge in [0, 0.05) is 20.3 Å². The number of hydrogen-bond donors (Lipinski definition) is 1. The van der Waals surface area contributed by atoms with E-state index >= 15 is 0 Å². The molecule has 19 heavy (non-hydrogen) atoms. The van der Waals surface area contributed by atoms with Crippen LogP contribution in [0.3, 0.4) is 0 Å². The summed E-state index contributed by atoms with van der Waals surface area (Å²) in [4.78, 5) is 11.7. The highest BCUT2D eigenvalue weighted by atomic mass is 16.6. The van der Waals surface area contributed by atoms with Gasteiger partial charge >= 0.3 is 5.97 Å². The van der Waals surface area contributed by atoms with E-state index < -0.39 is 12.0 Å². The molecule has 1 aromatic rings. The summed E-state index contributed by atoms with van der Waals surface area (Å²) >= 11 is 0. The van der Waals surface area contributed by atoms with Crippen LogP contribution in [0.4, 0.5) is 0 Å². The lowest BCUT2D eigenvalue weighted by Gasteiger charge is -2.11.